The molecule has 3 aromatic carbocycles. The first-order valence-electron chi connectivity index (χ1n) is 12.5. The van der Waals surface area contributed by atoms with E-state index in [0.717, 1.165) is 15.9 Å². The summed E-state index contributed by atoms with van der Waals surface area (Å²) in [6.45, 7) is 6.29. The summed E-state index contributed by atoms with van der Waals surface area (Å²) in [5.41, 5.74) is 1.28. The molecule has 0 radical (unpaired) electrons. The van der Waals surface area contributed by atoms with Crippen LogP contribution in [0, 0.1) is 12.7 Å². The molecule has 0 aliphatic rings. The molecule has 10 heteroatoms. The Labute approximate surface area is 229 Å². The number of hydrogen-bond donors (Lipinski definition) is 1. The van der Waals surface area contributed by atoms with E-state index in [4.69, 9.17) is 4.74 Å². The first-order valence-corrected chi connectivity index (χ1v) is 13.9. The van der Waals surface area contributed by atoms with Crippen molar-refractivity contribution in [1.82, 2.24) is 10.2 Å². The topological polar surface area (TPSA) is 96.0 Å². The van der Waals surface area contributed by atoms with Crippen LogP contribution in [0.25, 0.3) is 0 Å². The van der Waals surface area contributed by atoms with Gasteiger partial charge in [0.15, 0.2) is 0 Å². The second-order valence-corrected chi connectivity index (χ2v) is 11.3. The molecule has 0 aromatic heterocycles. The van der Waals surface area contributed by atoms with Gasteiger partial charge in [-0.2, -0.15) is 0 Å². The van der Waals surface area contributed by atoms with E-state index < -0.39 is 40.2 Å². The highest BCUT2D eigenvalue weighted by atomic mass is 32.2. The molecule has 39 heavy (non-hydrogen) atoms. The molecule has 0 aliphatic carbocycles. The minimum absolute atomic E-state index is 0.0190. The third-order valence-corrected chi connectivity index (χ3v) is 7.89. The average molecular weight is 556 g/mol. The van der Waals surface area contributed by atoms with Crippen LogP contribution in [0.3, 0.4) is 0 Å². The van der Waals surface area contributed by atoms with Crippen molar-refractivity contribution in [1.29, 1.82) is 0 Å². The molecule has 0 heterocycles. The molecule has 3 aromatic rings. The molecule has 0 aliphatic heterocycles. The standard InChI is InChI=1S/C29H34FN3O5S/c1-20(2)31-29(35)22(4)32(18-23-12-14-24(38-5)15-13-23)28(34)19-33(27-9-7-6-8-26(27)30)39(36,37)25-16-10-21(3)11-17-25/h6-17,20,22H,18-19H2,1-5H3,(H,31,35). The van der Waals surface area contributed by atoms with E-state index in [0.29, 0.717) is 11.3 Å². The summed E-state index contributed by atoms with van der Waals surface area (Å²) in [6.07, 6.45) is 0. The molecule has 0 saturated carbocycles. The summed E-state index contributed by atoms with van der Waals surface area (Å²) in [5.74, 6) is -1.24. The number of carbonyl (C=O) groups is 2. The van der Waals surface area contributed by atoms with Gasteiger partial charge in [0.2, 0.25) is 11.8 Å². The zero-order valence-electron chi connectivity index (χ0n) is 22.7. The van der Waals surface area contributed by atoms with Crippen LogP contribution in [-0.2, 0) is 26.2 Å². The van der Waals surface area contributed by atoms with Gasteiger partial charge in [0.1, 0.15) is 24.2 Å². The molecule has 1 atom stereocenters. The number of sulfonamides is 1. The Hall–Kier alpha value is -3.92. The van der Waals surface area contributed by atoms with Crippen molar-refractivity contribution in [2.24, 2.45) is 0 Å². The highest BCUT2D eigenvalue weighted by Crippen LogP contribution is 2.27. The lowest BCUT2D eigenvalue weighted by molar-refractivity contribution is -0.139. The number of benzene rings is 3. The lowest BCUT2D eigenvalue weighted by Crippen LogP contribution is -2.52. The monoisotopic (exact) mass is 555 g/mol. The smallest absolute Gasteiger partial charge is 0.264 e. The molecule has 0 bridgehead atoms. The molecule has 8 nitrogen and oxygen atoms in total. The second kappa shape index (κ2) is 12.8. The fraction of sp³-hybridized carbons (Fsp3) is 0.310. The van der Waals surface area contributed by atoms with Crippen LogP contribution in [0.1, 0.15) is 31.9 Å². The third-order valence-electron chi connectivity index (χ3n) is 6.12. The van der Waals surface area contributed by atoms with E-state index in [1.807, 2.05) is 6.92 Å². The van der Waals surface area contributed by atoms with Gasteiger partial charge in [0, 0.05) is 12.6 Å². The molecular weight excluding hydrogens is 521 g/mol. The predicted molar refractivity (Wildman–Crippen MR) is 148 cm³/mol. The number of hydrogen-bond acceptors (Lipinski definition) is 5. The molecule has 208 valence electrons. The van der Waals surface area contributed by atoms with E-state index in [1.165, 1.54) is 42.3 Å². The van der Waals surface area contributed by atoms with Crippen molar-refractivity contribution in [3.63, 3.8) is 0 Å². The van der Waals surface area contributed by atoms with Crippen LogP contribution in [-0.4, -0.2) is 50.9 Å². The van der Waals surface area contributed by atoms with Gasteiger partial charge in [-0.25, -0.2) is 12.8 Å². The van der Waals surface area contributed by atoms with Gasteiger partial charge >= 0.3 is 0 Å². The van der Waals surface area contributed by atoms with E-state index in [1.54, 1.807) is 57.2 Å². The molecule has 3 rings (SSSR count). The molecular formula is C29H34FN3O5S. The normalized spacial score (nSPS) is 12.1. The maximum absolute atomic E-state index is 14.9. The Morgan fingerprint density at radius 2 is 1.56 bits per heavy atom. The Bertz CT molecular complexity index is 1390. The van der Waals surface area contributed by atoms with Gasteiger partial charge in [-0.1, -0.05) is 42.0 Å². The van der Waals surface area contributed by atoms with Gasteiger partial charge in [0.05, 0.1) is 17.7 Å². The van der Waals surface area contributed by atoms with Crippen molar-refractivity contribution in [2.45, 2.75) is 51.2 Å². The number of methoxy groups -OCH3 is 1. The number of amides is 2. The fourth-order valence-corrected chi connectivity index (χ4v) is 5.34. The van der Waals surface area contributed by atoms with Crippen molar-refractivity contribution in [3.8, 4) is 5.75 Å². The number of carbonyl (C=O) groups excluding carboxylic acids is 2. The number of anilines is 1. The van der Waals surface area contributed by atoms with Crippen LogP contribution < -0.4 is 14.4 Å². The van der Waals surface area contributed by atoms with E-state index in [2.05, 4.69) is 5.32 Å². The molecule has 0 spiro atoms. The molecule has 0 fully saturated rings. The van der Waals surface area contributed by atoms with Crippen LogP contribution >= 0.6 is 0 Å². The van der Waals surface area contributed by atoms with Gasteiger partial charge in [-0.15, -0.1) is 0 Å². The van der Waals surface area contributed by atoms with E-state index >= 15 is 0 Å². The van der Waals surface area contributed by atoms with Crippen molar-refractivity contribution < 1.29 is 27.1 Å². The summed E-state index contributed by atoms with van der Waals surface area (Å²) in [6, 6.07) is 17.3. The lowest BCUT2D eigenvalue weighted by Gasteiger charge is -2.32. The Balaban J connectivity index is 2.03. The molecule has 1 unspecified atom stereocenters. The minimum atomic E-state index is -4.34. The number of nitrogens with zero attached hydrogens (tertiary/aromatic N) is 2. The Kier molecular flexibility index (Phi) is 9.69. The Morgan fingerprint density at radius 1 is 0.949 bits per heavy atom. The number of para-hydroxylation sites is 1. The molecule has 2 amide bonds. The van der Waals surface area contributed by atoms with Crippen LogP contribution in [0.5, 0.6) is 5.75 Å². The van der Waals surface area contributed by atoms with Crippen LogP contribution in [0.4, 0.5) is 10.1 Å². The number of nitrogens with one attached hydrogen (secondary N) is 1. The maximum atomic E-state index is 14.9. The predicted octanol–water partition coefficient (Wildman–Crippen LogP) is 4.28. The van der Waals surface area contributed by atoms with Gasteiger partial charge in [0.25, 0.3) is 10.0 Å². The zero-order valence-corrected chi connectivity index (χ0v) is 23.5. The highest BCUT2D eigenvalue weighted by Gasteiger charge is 2.33. The van der Waals surface area contributed by atoms with E-state index in [-0.39, 0.29) is 23.2 Å². The van der Waals surface area contributed by atoms with Crippen molar-refractivity contribution in [3.05, 3.63) is 89.7 Å². The average Bonchev–Trinajstić information content (AvgIpc) is 2.90. The summed E-state index contributed by atoms with van der Waals surface area (Å²) in [7, 11) is -2.80. The SMILES string of the molecule is COc1ccc(CN(C(=O)CN(c2ccccc2F)S(=O)(=O)c2ccc(C)cc2)C(C)C(=O)NC(C)C)cc1. The number of rotatable bonds is 11. The van der Waals surface area contributed by atoms with Gasteiger partial charge < -0.3 is 15.0 Å². The molecule has 1 N–H and O–H groups in total. The quantitative estimate of drug-likeness (QED) is 0.381. The maximum Gasteiger partial charge on any atom is 0.264 e. The first kappa shape index (κ1) is 29.6. The number of halogens is 1. The second-order valence-electron chi connectivity index (χ2n) is 9.49. The first-order chi connectivity index (χ1) is 18.4. The molecule has 0 saturated heterocycles. The fourth-order valence-electron chi connectivity index (χ4n) is 3.92. The van der Waals surface area contributed by atoms with Crippen LogP contribution in [0.15, 0.2) is 77.7 Å². The van der Waals surface area contributed by atoms with E-state index in [9.17, 15) is 22.4 Å². The van der Waals surface area contributed by atoms with Crippen LogP contribution in [0.2, 0.25) is 0 Å². The highest BCUT2D eigenvalue weighted by molar-refractivity contribution is 7.92. The lowest BCUT2D eigenvalue weighted by atomic mass is 10.1. The summed E-state index contributed by atoms with van der Waals surface area (Å²) in [5, 5.41) is 2.79. The summed E-state index contributed by atoms with van der Waals surface area (Å²) < 4.78 is 48.3. The Morgan fingerprint density at radius 3 is 2.13 bits per heavy atom. The number of ether oxygens (including phenoxy) is 1. The third kappa shape index (κ3) is 7.35. The van der Waals surface area contributed by atoms with Gasteiger partial charge in [-0.3, -0.25) is 13.9 Å². The zero-order chi connectivity index (χ0) is 28.7. The van der Waals surface area contributed by atoms with Crippen molar-refractivity contribution in [2.75, 3.05) is 18.0 Å². The minimum Gasteiger partial charge on any atom is -0.497 e. The summed E-state index contributed by atoms with van der Waals surface area (Å²) >= 11 is 0. The largest absolute Gasteiger partial charge is 0.497 e. The van der Waals surface area contributed by atoms with Gasteiger partial charge in [-0.05, 0) is 69.7 Å². The summed E-state index contributed by atoms with van der Waals surface area (Å²) in [4.78, 5) is 28.0. The number of aryl methyl sites for hydroxylation is 1. The van der Waals surface area contributed by atoms with Crippen molar-refractivity contribution >= 4 is 27.5 Å².